The minimum atomic E-state index is -0.222. The Bertz CT molecular complexity index is 722. The summed E-state index contributed by atoms with van der Waals surface area (Å²) in [4.78, 5) is 14.4. The first-order valence-corrected chi connectivity index (χ1v) is 9.70. The molecule has 0 saturated carbocycles. The topological polar surface area (TPSA) is 63.1 Å². The molecule has 0 spiro atoms. The zero-order valence-corrected chi connectivity index (χ0v) is 15.8. The standard InChI is InChI=1S/C18H25N5OS/c1-4-19-16(24)14(3)25-18-21-20-17(22-11-5-6-12-22)23(18)15-9-7-13(2)8-10-15/h7-10,14H,4-6,11-12H2,1-3H3,(H,19,24)/t14-/m1/s1. The van der Waals surface area contributed by atoms with Gasteiger partial charge in [0.15, 0.2) is 5.16 Å². The van der Waals surface area contributed by atoms with Crippen molar-refractivity contribution in [3.8, 4) is 5.69 Å². The lowest BCUT2D eigenvalue weighted by Crippen LogP contribution is -2.30. The summed E-state index contributed by atoms with van der Waals surface area (Å²) in [7, 11) is 0. The molecule has 1 atom stereocenters. The van der Waals surface area contributed by atoms with Crippen LogP contribution in [0.25, 0.3) is 5.69 Å². The molecule has 7 heteroatoms. The van der Waals surface area contributed by atoms with Gasteiger partial charge in [-0.15, -0.1) is 10.2 Å². The van der Waals surface area contributed by atoms with Gasteiger partial charge in [0.05, 0.1) is 10.9 Å². The number of aryl methyl sites for hydroxylation is 1. The van der Waals surface area contributed by atoms with Gasteiger partial charge in [-0.25, -0.2) is 0 Å². The van der Waals surface area contributed by atoms with Gasteiger partial charge in [-0.3, -0.25) is 9.36 Å². The maximum atomic E-state index is 12.1. The summed E-state index contributed by atoms with van der Waals surface area (Å²) >= 11 is 1.45. The fraction of sp³-hybridized carbons (Fsp3) is 0.500. The number of carbonyl (C=O) groups excluding carboxylic acids is 1. The summed E-state index contributed by atoms with van der Waals surface area (Å²) in [6.45, 7) is 8.54. The Labute approximate surface area is 153 Å². The number of aromatic nitrogens is 3. The van der Waals surface area contributed by atoms with E-state index in [0.717, 1.165) is 29.9 Å². The van der Waals surface area contributed by atoms with Crippen molar-refractivity contribution in [2.45, 2.75) is 44.0 Å². The van der Waals surface area contributed by atoms with Crippen molar-refractivity contribution >= 4 is 23.6 Å². The largest absolute Gasteiger partial charge is 0.355 e. The number of hydrogen-bond donors (Lipinski definition) is 1. The van der Waals surface area contributed by atoms with Crippen LogP contribution in [0.2, 0.25) is 0 Å². The normalized spacial score (nSPS) is 15.4. The predicted octanol–water partition coefficient (Wildman–Crippen LogP) is 2.79. The highest BCUT2D eigenvalue weighted by atomic mass is 32.2. The SMILES string of the molecule is CCNC(=O)[C@@H](C)Sc1nnc(N2CCCC2)n1-c1ccc(C)cc1. The molecule has 25 heavy (non-hydrogen) atoms. The molecule has 1 aliphatic rings. The molecule has 6 nitrogen and oxygen atoms in total. The molecule has 0 bridgehead atoms. The highest BCUT2D eigenvalue weighted by Gasteiger charge is 2.25. The van der Waals surface area contributed by atoms with E-state index in [1.807, 2.05) is 13.8 Å². The van der Waals surface area contributed by atoms with Crippen LogP contribution in [0.5, 0.6) is 0 Å². The first kappa shape index (κ1) is 17.8. The lowest BCUT2D eigenvalue weighted by molar-refractivity contribution is -0.120. The second-order valence-electron chi connectivity index (χ2n) is 6.30. The van der Waals surface area contributed by atoms with Gasteiger partial charge in [-0.1, -0.05) is 29.5 Å². The van der Waals surface area contributed by atoms with Crippen molar-refractivity contribution < 1.29 is 4.79 Å². The van der Waals surface area contributed by atoms with Gasteiger partial charge in [-0.05, 0) is 45.7 Å². The van der Waals surface area contributed by atoms with Crippen LogP contribution < -0.4 is 10.2 Å². The lowest BCUT2D eigenvalue weighted by Gasteiger charge is -2.19. The highest BCUT2D eigenvalue weighted by molar-refractivity contribution is 8.00. The third kappa shape index (κ3) is 3.98. The average molecular weight is 359 g/mol. The van der Waals surface area contributed by atoms with E-state index in [0.29, 0.717) is 6.54 Å². The molecule has 1 N–H and O–H groups in total. The van der Waals surface area contributed by atoms with E-state index in [4.69, 9.17) is 0 Å². The van der Waals surface area contributed by atoms with Crippen LogP contribution in [0.1, 0.15) is 32.3 Å². The maximum absolute atomic E-state index is 12.1. The second-order valence-corrected chi connectivity index (χ2v) is 7.61. The third-order valence-corrected chi connectivity index (χ3v) is 5.34. The fourth-order valence-electron chi connectivity index (χ4n) is 2.91. The predicted molar refractivity (Wildman–Crippen MR) is 102 cm³/mol. The number of nitrogens with zero attached hydrogens (tertiary/aromatic N) is 4. The number of hydrogen-bond acceptors (Lipinski definition) is 5. The van der Waals surface area contributed by atoms with Gasteiger partial charge in [0.1, 0.15) is 0 Å². The molecule has 134 valence electrons. The summed E-state index contributed by atoms with van der Waals surface area (Å²) in [5, 5.41) is 12.2. The number of nitrogens with one attached hydrogen (secondary N) is 1. The number of amides is 1. The molecular weight excluding hydrogens is 334 g/mol. The first-order chi connectivity index (χ1) is 12.1. The van der Waals surface area contributed by atoms with Crippen LogP contribution in [0.4, 0.5) is 5.95 Å². The van der Waals surface area contributed by atoms with Crippen LogP contribution in [0.3, 0.4) is 0 Å². The Morgan fingerprint density at radius 3 is 2.56 bits per heavy atom. The molecule has 0 radical (unpaired) electrons. The molecule has 2 aromatic rings. The van der Waals surface area contributed by atoms with E-state index in [-0.39, 0.29) is 11.2 Å². The summed E-state index contributed by atoms with van der Waals surface area (Å²) in [5.41, 5.74) is 2.24. The van der Waals surface area contributed by atoms with Gasteiger partial charge >= 0.3 is 0 Å². The molecule has 0 aliphatic carbocycles. The Kier molecular flexibility index (Phi) is 5.63. The van der Waals surface area contributed by atoms with E-state index < -0.39 is 0 Å². The number of carbonyl (C=O) groups is 1. The van der Waals surface area contributed by atoms with E-state index in [9.17, 15) is 4.79 Å². The quantitative estimate of drug-likeness (QED) is 0.804. The average Bonchev–Trinajstić information content (AvgIpc) is 3.25. The molecule has 1 aliphatic heterocycles. The Balaban J connectivity index is 1.94. The van der Waals surface area contributed by atoms with E-state index in [1.165, 1.54) is 30.2 Å². The number of thioether (sulfide) groups is 1. The molecule has 2 heterocycles. The summed E-state index contributed by atoms with van der Waals surface area (Å²) in [6.07, 6.45) is 2.36. The smallest absolute Gasteiger partial charge is 0.233 e. The minimum absolute atomic E-state index is 0.0219. The van der Waals surface area contributed by atoms with Crippen LogP contribution in [-0.4, -0.2) is 45.6 Å². The Morgan fingerprint density at radius 2 is 1.92 bits per heavy atom. The molecule has 1 saturated heterocycles. The van der Waals surface area contributed by atoms with E-state index in [2.05, 4.69) is 56.2 Å². The van der Waals surface area contributed by atoms with Gasteiger partial charge in [-0.2, -0.15) is 0 Å². The molecule has 1 aromatic carbocycles. The van der Waals surface area contributed by atoms with Crippen LogP contribution in [-0.2, 0) is 4.79 Å². The third-order valence-electron chi connectivity index (χ3n) is 4.30. The molecule has 1 amide bonds. The van der Waals surface area contributed by atoms with Gasteiger partial charge in [0.2, 0.25) is 11.9 Å². The second kappa shape index (κ2) is 7.91. The number of anilines is 1. The minimum Gasteiger partial charge on any atom is -0.355 e. The van der Waals surface area contributed by atoms with Crippen molar-refractivity contribution in [2.24, 2.45) is 0 Å². The van der Waals surface area contributed by atoms with Crippen LogP contribution in [0.15, 0.2) is 29.4 Å². The number of benzene rings is 1. The monoisotopic (exact) mass is 359 g/mol. The van der Waals surface area contributed by atoms with Crippen LogP contribution in [0, 0.1) is 6.92 Å². The van der Waals surface area contributed by atoms with Crippen LogP contribution >= 0.6 is 11.8 Å². The Morgan fingerprint density at radius 1 is 1.24 bits per heavy atom. The van der Waals surface area contributed by atoms with Crippen molar-refractivity contribution in [1.29, 1.82) is 0 Å². The summed E-state index contributed by atoms with van der Waals surface area (Å²) in [5.74, 6) is 0.889. The molecule has 3 rings (SSSR count). The molecule has 0 unspecified atom stereocenters. The summed E-state index contributed by atoms with van der Waals surface area (Å²) in [6, 6.07) is 8.34. The van der Waals surface area contributed by atoms with Crippen molar-refractivity contribution in [3.05, 3.63) is 29.8 Å². The highest BCUT2D eigenvalue weighted by Crippen LogP contribution is 2.30. The zero-order valence-electron chi connectivity index (χ0n) is 15.0. The molecular formula is C18H25N5OS. The van der Waals surface area contributed by atoms with Crippen molar-refractivity contribution in [3.63, 3.8) is 0 Å². The van der Waals surface area contributed by atoms with Crippen molar-refractivity contribution in [2.75, 3.05) is 24.5 Å². The molecule has 1 fully saturated rings. The zero-order chi connectivity index (χ0) is 17.8. The van der Waals surface area contributed by atoms with Gasteiger partial charge in [0.25, 0.3) is 0 Å². The maximum Gasteiger partial charge on any atom is 0.233 e. The first-order valence-electron chi connectivity index (χ1n) is 8.82. The Hall–Kier alpha value is -2.02. The number of rotatable bonds is 6. The molecule has 1 aromatic heterocycles. The van der Waals surface area contributed by atoms with E-state index in [1.54, 1.807) is 0 Å². The van der Waals surface area contributed by atoms with E-state index >= 15 is 0 Å². The van der Waals surface area contributed by atoms with Gasteiger partial charge < -0.3 is 10.2 Å². The van der Waals surface area contributed by atoms with Crippen molar-refractivity contribution in [1.82, 2.24) is 20.1 Å². The summed E-state index contributed by atoms with van der Waals surface area (Å²) < 4.78 is 2.07. The fourth-order valence-corrected chi connectivity index (χ4v) is 3.80. The van der Waals surface area contributed by atoms with Gasteiger partial charge in [0, 0.05) is 19.6 Å². The lowest BCUT2D eigenvalue weighted by atomic mass is 10.2.